The summed E-state index contributed by atoms with van der Waals surface area (Å²) in [6.45, 7) is 0. The van der Waals surface area contributed by atoms with Gasteiger partial charge in [-0.1, -0.05) is 11.8 Å². The SMILES string of the molecule is COc1cc(C(F)(F)F)ccc1C#CCCS. The molecule has 1 nitrogen and oxygen atoms in total. The van der Waals surface area contributed by atoms with Crippen LogP contribution < -0.4 is 4.74 Å². The molecular weight excluding hydrogens is 249 g/mol. The maximum Gasteiger partial charge on any atom is 0.416 e. The van der Waals surface area contributed by atoms with Crippen LogP contribution in [0.15, 0.2) is 18.2 Å². The van der Waals surface area contributed by atoms with Crippen molar-refractivity contribution in [3.63, 3.8) is 0 Å². The monoisotopic (exact) mass is 260 g/mol. The summed E-state index contributed by atoms with van der Waals surface area (Å²) in [6, 6.07) is 3.26. The maximum absolute atomic E-state index is 12.4. The predicted molar refractivity (Wildman–Crippen MR) is 63.3 cm³/mol. The van der Waals surface area contributed by atoms with Crippen LogP contribution in [-0.4, -0.2) is 12.9 Å². The van der Waals surface area contributed by atoms with Gasteiger partial charge in [-0.3, -0.25) is 0 Å². The average molecular weight is 260 g/mol. The summed E-state index contributed by atoms with van der Waals surface area (Å²) in [5.74, 6) is 6.29. The van der Waals surface area contributed by atoms with E-state index >= 15 is 0 Å². The van der Waals surface area contributed by atoms with Crippen LogP contribution >= 0.6 is 12.6 Å². The molecule has 0 aliphatic rings. The summed E-state index contributed by atoms with van der Waals surface area (Å²) in [6.07, 6.45) is -3.79. The minimum Gasteiger partial charge on any atom is -0.495 e. The van der Waals surface area contributed by atoms with E-state index in [0.29, 0.717) is 17.7 Å². The highest BCUT2D eigenvalue weighted by Crippen LogP contribution is 2.32. The zero-order valence-corrected chi connectivity index (χ0v) is 10.0. The van der Waals surface area contributed by atoms with Gasteiger partial charge in [0.15, 0.2) is 0 Å². The smallest absolute Gasteiger partial charge is 0.416 e. The summed E-state index contributed by atoms with van der Waals surface area (Å²) >= 11 is 3.99. The minimum atomic E-state index is -4.37. The predicted octanol–water partition coefficient (Wildman–Crippen LogP) is 3.39. The molecule has 0 amide bonds. The van der Waals surface area contributed by atoms with Gasteiger partial charge in [0, 0.05) is 12.2 Å². The molecule has 0 radical (unpaired) electrons. The number of methoxy groups -OCH3 is 1. The lowest BCUT2D eigenvalue weighted by molar-refractivity contribution is -0.137. The highest BCUT2D eigenvalue weighted by atomic mass is 32.1. The molecule has 92 valence electrons. The fourth-order valence-corrected chi connectivity index (χ4v) is 1.30. The number of ether oxygens (including phenoxy) is 1. The van der Waals surface area contributed by atoms with Gasteiger partial charge in [0.2, 0.25) is 0 Å². The van der Waals surface area contributed by atoms with Crippen LogP contribution in [0, 0.1) is 11.8 Å². The van der Waals surface area contributed by atoms with E-state index in [0.717, 1.165) is 12.1 Å². The van der Waals surface area contributed by atoms with Gasteiger partial charge in [-0.2, -0.15) is 25.8 Å². The molecule has 1 aromatic carbocycles. The molecule has 1 rings (SSSR count). The van der Waals surface area contributed by atoms with Crippen molar-refractivity contribution in [3.8, 4) is 17.6 Å². The Bertz CT molecular complexity index is 443. The van der Waals surface area contributed by atoms with E-state index in [1.807, 2.05) is 0 Å². The van der Waals surface area contributed by atoms with Crippen molar-refractivity contribution >= 4 is 12.6 Å². The summed E-state index contributed by atoms with van der Waals surface area (Å²) in [4.78, 5) is 0. The summed E-state index contributed by atoms with van der Waals surface area (Å²) in [7, 11) is 1.32. The zero-order valence-electron chi connectivity index (χ0n) is 9.14. The Hall–Kier alpha value is -1.28. The lowest BCUT2D eigenvalue weighted by Gasteiger charge is -2.09. The van der Waals surface area contributed by atoms with E-state index in [1.165, 1.54) is 13.2 Å². The van der Waals surface area contributed by atoms with E-state index < -0.39 is 11.7 Å². The molecule has 5 heteroatoms. The number of rotatable bonds is 2. The lowest BCUT2D eigenvalue weighted by Crippen LogP contribution is -2.05. The Morgan fingerprint density at radius 3 is 2.59 bits per heavy atom. The molecular formula is C12H11F3OS. The Morgan fingerprint density at radius 2 is 2.06 bits per heavy atom. The van der Waals surface area contributed by atoms with E-state index in [2.05, 4.69) is 24.5 Å². The fraction of sp³-hybridized carbons (Fsp3) is 0.333. The van der Waals surface area contributed by atoms with Crippen LogP contribution in [0.25, 0.3) is 0 Å². The number of alkyl halides is 3. The first-order chi connectivity index (χ1) is 7.99. The molecule has 1 aromatic rings. The van der Waals surface area contributed by atoms with Crippen molar-refractivity contribution in [2.45, 2.75) is 12.6 Å². The summed E-state index contributed by atoms with van der Waals surface area (Å²) < 4.78 is 42.2. The molecule has 0 aliphatic carbocycles. The quantitative estimate of drug-likeness (QED) is 0.633. The van der Waals surface area contributed by atoms with Gasteiger partial charge in [-0.15, -0.1) is 0 Å². The highest BCUT2D eigenvalue weighted by molar-refractivity contribution is 7.80. The number of hydrogen-bond acceptors (Lipinski definition) is 2. The number of thiol groups is 1. The third kappa shape index (κ3) is 3.90. The second-order valence-electron chi connectivity index (χ2n) is 3.19. The zero-order chi connectivity index (χ0) is 12.9. The first-order valence-corrected chi connectivity index (χ1v) is 5.47. The molecule has 0 N–H and O–H groups in total. The molecule has 0 saturated heterocycles. The van der Waals surface area contributed by atoms with E-state index in [-0.39, 0.29) is 5.75 Å². The number of halogens is 3. The Kier molecular flexibility index (Phi) is 4.76. The van der Waals surface area contributed by atoms with Gasteiger partial charge in [-0.25, -0.2) is 0 Å². The molecule has 0 atom stereocenters. The third-order valence-corrected chi connectivity index (χ3v) is 2.21. The molecule has 0 aromatic heterocycles. The van der Waals surface area contributed by atoms with Crippen LogP contribution in [0.1, 0.15) is 17.5 Å². The molecule has 0 unspecified atom stereocenters. The molecule has 17 heavy (non-hydrogen) atoms. The normalized spacial score (nSPS) is 10.6. The lowest BCUT2D eigenvalue weighted by atomic mass is 10.1. The van der Waals surface area contributed by atoms with Crippen LogP contribution in [0.5, 0.6) is 5.75 Å². The fourth-order valence-electron chi connectivity index (χ4n) is 1.18. The van der Waals surface area contributed by atoms with Crippen molar-refractivity contribution in [1.82, 2.24) is 0 Å². The standard InChI is InChI=1S/C12H11F3OS/c1-16-11-8-10(12(13,14)15)6-5-9(11)4-2-3-7-17/h5-6,8,17H,3,7H2,1H3. The van der Waals surface area contributed by atoms with Crippen LogP contribution in [0.3, 0.4) is 0 Å². The van der Waals surface area contributed by atoms with Gasteiger partial charge >= 0.3 is 6.18 Å². The van der Waals surface area contributed by atoms with Crippen LogP contribution in [0.4, 0.5) is 13.2 Å². The van der Waals surface area contributed by atoms with Crippen molar-refractivity contribution in [2.75, 3.05) is 12.9 Å². The first kappa shape index (κ1) is 13.8. The van der Waals surface area contributed by atoms with Gasteiger partial charge in [0.1, 0.15) is 5.75 Å². The van der Waals surface area contributed by atoms with Crippen molar-refractivity contribution in [3.05, 3.63) is 29.3 Å². The number of benzene rings is 1. The first-order valence-electron chi connectivity index (χ1n) is 4.84. The van der Waals surface area contributed by atoms with Crippen molar-refractivity contribution in [2.24, 2.45) is 0 Å². The molecule has 0 bridgehead atoms. The van der Waals surface area contributed by atoms with Crippen molar-refractivity contribution < 1.29 is 17.9 Å². The third-order valence-electron chi connectivity index (χ3n) is 1.99. The summed E-state index contributed by atoms with van der Waals surface area (Å²) in [5.41, 5.74) is -0.295. The van der Waals surface area contributed by atoms with Crippen molar-refractivity contribution in [1.29, 1.82) is 0 Å². The van der Waals surface area contributed by atoms with Gasteiger partial charge < -0.3 is 4.74 Å². The Labute approximate surface area is 103 Å². The van der Waals surface area contributed by atoms with Crippen LogP contribution in [-0.2, 0) is 6.18 Å². The molecule has 0 saturated carbocycles. The van der Waals surface area contributed by atoms with E-state index in [9.17, 15) is 13.2 Å². The molecule has 0 aliphatic heterocycles. The van der Waals surface area contributed by atoms with Gasteiger partial charge in [0.25, 0.3) is 0 Å². The maximum atomic E-state index is 12.4. The second kappa shape index (κ2) is 5.87. The van der Waals surface area contributed by atoms with Crippen LogP contribution in [0.2, 0.25) is 0 Å². The molecule has 0 fully saturated rings. The van der Waals surface area contributed by atoms with Gasteiger partial charge in [0.05, 0.1) is 18.2 Å². The highest BCUT2D eigenvalue weighted by Gasteiger charge is 2.31. The topological polar surface area (TPSA) is 9.23 Å². The molecule has 0 heterocycles. The largest absolute Gasteiger partial charge is 0.495 e. The Balaban J connectivity index is 3.07. The van der Waals surface area contributed by atoms with E-state index in [1.54, 1.807) is 0 Å². The molecule has 0 spiro atoms. The second-order valence-corrected chi connectivity index (χ2v) is 3.64. The average Bonchev–Trinajstić information content (AvgIpc) is 2.28. The van der Waals surface area contributed by atoms with Gasteiger partial charge in [-0.05, 0) is 18.2 Å². The van der Waals surface area contributed by atoms with E-state index in [4.69, 9.17) is 4.74 Å². The summed E-state index contributed by atoms with van der Waals surface area (Å²) in [5, 5.41) is 0. The Morgan fingerprint density at radius 1 is 1.35 bits per heavy atom. The number of hydrogen-bond donors (Lipinski definition) is 1. The minimum absolute atomic E-state index is 0.131.